The van der Waals surface area contributed by atoms with Crippen LogP contribution in [-0.4, -0.2) is 23.3 Å². The number of fused-ring (bicyclic) bond motifs is 1. The number of furan rings is 1. The van der Waals surface area contributed by atoms with Gasteiger partial charge in [0.15, 0.2) is 5.76 Å². The van der Waals surface area contributed by atoms with Crippen LogP contribution in [0.15, 0.2) is 46.9 Å². The maximum absolute atomic E-state index is 12.5. The lowest BCUT2D eigenvalue weighted by Gasteiger charge is -2.09. The molecule has 0 unspecified atom stereocenters. The third-order valence-electron chi connectivity index (χ3n) is 3.96. The van der Waals surface area contributed by atoms with Crippen molar-refractivity contribution < 1.29 is 37.0 Å². The summed E-state index contributed by atoms with van der Waals surface area (Å²) in [6.45, 7) is 0. The predicted octanol–water partition coefficient (Wildman–Crippen LogP) is 4.11. The van der Waals surface area contributed by atoms with Gasteiger partial charge in [0, 0.05) is 17.4 Å². The van der Waals surface area contributed by atoms with Gasteiger partial charge in [0.25, 0.3) is 5.91 Å². The Balaban J connectivity index is 2.13. The van der Waals surface area contributed by atoms with Crippen molar-refractivity contribution >= 4 is 22.8 Å². The third kappa shape index (κ3) is 4.25. The van der Waals surface area contributed by atoms with Crippen molar-refractivity contribution in [3.8, 4) is 16.9 Å². The molecule has 0 saturated heterocycles. The summed E-state index contributed by atoms with van der Waals surface area (Å²) < 4.78 is 47.0. The molecule has 0 aliphatic heterocycles. The Morgan fingerprint density at radius 3 is 2.54 bits per heavy atom. The molecule has 146 valence electrons. The number of aryl methyl sites for hydroxylation is 1. The van der Waals surface area contributed by atoms with Gasteiger partial charge in [-0.25, -0.2) is 0 Å². The number of hydrogen-bond donors (Lipinski definition) is 2. The van der Waals surface area contributed by atoms with Gasteiger partial charge < -0.3 is 20.0 Å². The molecule has 0 bridgehead atoms. The Kier molecular flexibility index (Phi) is 5.00. The van der Waals surface area contributed by atoms with Crippen molar-refractivity contribution in [2.24, 2.45) is 5.73 Å². The van der Waals surface area contributed by atoms with E-state index < -0.39 is 24.0 Å². The first kappa shape index (κ1) is 19.3. The normalized spacial score (nSPS) is 11.5. The molecule has 2 aromatic carbocycles. The van der Waals surface area contributed by atoms with Crippen molar-refractivity contribution in [3.63, 3.8) is 0 Å². The molecular weight excluding hydrogens is 379 g/mol. The monoisotopic (exact) mass is 393 g/mol. The Hall–Kier alpha value is -3.49. The van der Waals surface area contributed by atoms with E-state index in [1.54, 1.807) is 24.3 Å². The lowest BCUT2D eigenvalue weighted by atomic mass is 9.98. The number of hydrogen-bond acceptors (Lipinski definition) is 4. The number of carboxylic acid groups (broad SMARTS) is 1. The molecule has 9 heteroatoms. The highest BCUT2D eigenvalue weighted by Gasteiger charge is 2.31. The molecule has 1 aromatic heterocycles. The van der Waals surface area contributed by atoms with Gasteiger partial charge in [-0.3, -0.25) is 9.59 Å². The first-order chi connectivity index (χ1) is 13.1. The van der Waals surface area contributed by atoms with E-state index in [9.17, 15) is 22.8 Å². The van der Waals surface area contributed by atoms with Gasteiger partial charge in [0.1, 0.15) is 11.3 Å². The summed E-state index contributed by atoms with van der Waals surface area (Å²) in [5.74, 6) is -2.54. The number of primary amides is 1. The lowest BCUT2D eigenvalue weighted by molar-refractivity contribution is -0.274. The fourth-order valence-corrected chi connectivity index (χ4v) is 2.87. The van der Waals surface area contributed by atoms with Gasteiger partial charge in [-0.1, -0.05) is 24.3 Å². The van der Waals surface area contributed by atoms with Crippen LogP contribution in [0.1, 0.15) is 22.5 Å². The van der Waals surface area contributed by atoms with Crippen molar-refractivity contribution in [2.45, 2.75) is 19.2 Å². The molecule has 0 aliphatic rings. The van der Waals surface area contributed by atoms with E-state index in [1.165, 1.54) is 6.07 Å². The van der Waals surface area contributed by atoms with Gasteiger partial charge in [0.2, 0.25) is 0 Å². The first-order valence-corrected chi connectivity index (χ1v) is 8.07. The van der Waals surface area contributed by atoms with E-state index in [4.69, 9.17) is 15.3 Å². The standard InChI is InChI=1S/C19H14F3NO5/c20-19(21,22)28-12-5-6-14-13(9-12)16(17(27-14)18(23)26)11-3-1-2-10(8-11)4-7-15(24)25/h1-3,5-6,8-9H,4,7H2,(H2,23,26)(H,24,25). The van der Waals surface area contributed by atoms with Gasteiger partial charge >= 0.3 is 12.3 Å². The minimum Gasteiger partial charge on any atom is -0.481 e. The highest BCUT2D eigenvalue weighted by atomic mass is 19.4. The number of amides is 1. The summed E-state index contributed by atoms with van der Waals surface area (Å²) in [6.07, 6.45) is -4.73. The summed E-state index contributed by atoms with van der Waals surface area (Å²) >= 11 is 0. The van der Waals surface area contributed by atoms with Crippen LogP contribution in [0.3, 0.4) is 0 Å². The van der Waals surface area contributed by atoms with Crippen LogP contribution in [0.4, 0.5) is 13.2 Å². The number of benzene rings is 2. The summed E-state index contributed by atoms with van der Waals surface area (Å²) in [5, 5.41) is 9.04. The van der Waals surface area contributed by atoms with Crippen LogP contribution in [0.5, 0.6) is 5.75 Å². The third-order valence-corrected chi connectivity index (χ3v) is 3.96. The molecule has 3 aromatic rings. The van der Waals surface area contributed by atoms with Crippen LogP contribution in [0.2, 0.25) is 0 Å². The molecule has 1 heterocycles. The predicted molar refractivity (Wildman–Crippen MR) is 92.8 cm³/mol. The number of rotatable bonds is 6. The lowest BCUT2D eigenvalue weighted by Crippen LogP contribution is -2.16. The Morgan fingerprint density at radius 1 is 1.14 bits per heavy atom. The van der Waals surface area contributed by atoms with E-state index in [2.05, 4.69) is 4.74 Å². The highest BCUT2D eigenvalue weighted by Crippen LogP contribution is 2.38. The molecule has 3 N–H and O–H groups in total. The quantitative estimate of drug-likeness (QED) is 0.656. The van der Waals surface area contributed by atoms with Crippen molar-refractivity contribution in [3.05, 3.63) is 53.8 Å². The SMILES string of the molecule is NC(=O)c1oc2ccc(OC(F)(F)F)cc2c1-c1cccc(CCC(=O)O)c1. The molecule has 28 heavy (non-hydrogen) atoms. The molecular formula is C19H14F3NO5. The van der Waals surface area contributed by atoms with Gasteiger partial charge in [-0.15, -0.1) is 13.2 Å². The summed E-state index contributed by atoms with van der Waals surface area (Å²) in [4.78, 5) is 22.6. The number of carbonyl (C=O) groups is 2. The van der Waals surface area contributed by atoms with Crippen molar-refractivity contribution in [1.82, 2.24) is 0 Å². The van der Waals surface area contributed by atoms with Crippen LogP contribution in [0, 0.1) is 0 Å². The highest BCUT2D eigenvalue weighted by molar-refractivity contribution is 6.07. The first-order valence-electron chi connectivity index (χ1n) is 8.07. The molecule has 1 amide bonds. The van der Waals surface area contributed by atoms with Crippen LogP contribution < -0.4 is 10.5 Å². The Morgan fingerprint density at radius 2 is 1.89 bits per heavy atom. The fraction of sp³-hybridized carbons (Fsp3) is 0.158. The maximum Gasteiger partial charge on any atom is 0.573 e. The molecule has 0 saturated carbocycles. The largest absolute Gasteiger partial charge is 0.573 e. The van der Waals surface area contributed by atoms with Gasteiger partial charge in [-0.05, 0) is 35.7 Å². The van der Waals surface area contributed by atoms with Crippen LogP contribution >= 0.6 is 0 Å². The minimum absolute atomic E-state index is 0.0954. The van der Waals surface area contributed by atoms with E-state index >= 15 is 0 Å². The number of carboxylic acids is 1. The second-order valence-corrected chi connectivity index (χ2v) is 5.97. The van der Waals surface area contributed by atoms with Gasteiger partial charge in [0.05, 0.1) is 0 Å². The molecule has 0 fully saturated rings. The van der Waals surface area contributed by atoms with Gasteiger partial charge in [-0.2, -0.15) is 0 Å². The molecule has 0 aliphatic carbocycles. The molecule has 0 spiro atoms. The number of aliphatic carboxylic acids is 1. The van der Waals surface area contributed by atoms with E-state index in [1.807, 2.05) is 0 Å². The minimum atomic E-state index is -4.87. The summed E-state index contributed by atoms with van der Waals surface area (Å²) in [7, 11) is 0. The zero-order chi connectivity index (χ0) is 20.5. The molecule has 0 radical (unpaired) electrons. The average Bonchev–Trinajstić information content (AvgIpc) is 2.98. The fourth-order valence-electron chi connectivity index (χ4n) is 2.87. The molecule has 0 atom stereocenters. The average molecular weight is 393 g/mol. The van der Waals surface area contributed by atoms with Crippen LogP contribution in [0.25, 0.3) is 22.1 Å². The summed E-state index contributed by atoms with van der Waals surface area (Å²) in [6, 6.07) is 10.0. The topological polar surface area (TPSA) is 103 Å². The second kappa shape index (κ2) is 7.26. The second-order valence-electron chi connectivity index (χ2n) is 5.97. The number of ether oxygens (including phenoxy) is 1. The maximum atomic E-state index is 12.5. The number of alkyl halides is 3. The van der Waals surface area contributed by atoms with E-state index in [-0.39, 0.29) is 35.1 Å². The number of carbonyl (C=O) groups excluding carboxylic acids is 1. The Labute approximate surface area is 156 Å². The van der Waals surface area contributed by atoms with Crippen LogP contribution in [-0.2, 0) is 11.2 Å². The molecule has 3 rings (SSSR count). The number of nitrogens with two attached hydrogens (primary N) is 1. The van der Waals surface area contributed by atoms with Crippen molar-refractivity contribution in [1.29, 1.82) is 0 Å². The molecule has 6 nitrogen and oxygen atoms in total. The smallest absolute Gasteiger partial charge is 0.481 e. The van der Waals surface area contributed by atoms with E-state index in [0.717, 1.165) is 12.1 Å². The van der Waals surface area contributed by atoms with E-state index in [0.29, 0.717) is 11.1 Å². The van der Waals surface area contributed by atoms with Crippen molar-refractivity contribution in [2.75, 3.05) is 0 Å². The summed E-state index contributed by atoms with van der Waals surface area (Å²) in [5.41, 5.74) is 6.88. The Bertz CT molecular complexity index is 1060. The zero-order valence-corrected chi connectivity index (χ0v) is 14.2. The number of halogens is 3. The zero-order valence-electron chi connectivity index (χ0n) is 14.2.